The number of halogens is 1. The first-order chi connectivity index (χ1) is 10.1. The van der Waals surface area contributed by atoms with Crippen LogP contribution in [-0.4, -0.2) is 15.2 Å². The molecule has 6 heteroatoms. The Labute approximate surface area is 129 Å². The largest absolute Gasteiger partial charge is 0.505 e. The second-order valence-corrected chi connectivity index (χ2v) is 5.54. The van der Waals surface area contributed by atoms with Crippen LogP contribution < -0.4 is 5.73 Å². The minimum absolute atomic E-state index is 0.0553. The first-order valence-electron chi connectivity index (χ1n) is 6.24. The first kappa shape index (κ1) is 13.6. The summed E-state index contributed by atoms with van der Waals surface area (Å²) in [5.74, 6) is 0.647. The Kier molecular flexibility index (Phi) is 3.39. The number of benzene rings is 2. The van der Waals surface area contributed by atoms with Gasteiger partial charge < -0.3 is 15.4 Å². The fourth-order valence-electron chi connectivity index (χ4n) is 2.05. The van der Waals surface area contributed by atoms with E-state index in [1.165, 1.54) is 0 Å². The highest BCUT2D eigenvalue weighted by atomic mass is 79.9. The van der Waals surface area contributed by atoms with Gasteiger partial charge in [-0.1, -0.05) is 27.2 Å². The number of para-hydroxylation sites is 1. The van der Waals surface area contributed by atoms with Crippen LogP contribution in [0, 0.1) is 6.92 Å². The lowest BCUT2D eigenvalue weighted by Gasteiger charge is -2.02. The summed E-state index contributed by atoms with van der Waals surface area (Å²) in [7, 11) is 0. The zero-order valence-corrected chi connectivity index (χ0v) is 12.8. The van der Waals surface area contributed by atoms with Crippen molar-refractivity contribution in [3.05, 3.63) is 46.4 Å². The molecule has 21 heavy (non-hydrogen) atoms. The monoisotopic (exact) mass is 345 g/mol. The average molecular weight is 346 g/mol. The number of rotatable bonds is 2. The number of aromatic hydroxyl groups is 1. The molecule has 0 bridgehead atoms. The van der Waals surface area contributed by atoms with Gasteiger partial charge in [0.1, 0.15) is 0 Å². The van der Waals surface area contributed by atoms with Crippen molar-refractivity contribution in [2.75, 3.05) is 5.73 Å². The number of nitrogens with two attached hydrogens (primary N) is 1. The number of aromatic nitrogens is 2. The van der Waals surface area contributed by atoms with Crippen LogP contribution in [0.3, 0.4) is 0 Å². The van der Waals surface area contributed by atoms with E-state index < -0.39 is 0 Å². The molecule has 0 aliphatic heterocycles. The fourth-order valence-corrected chi connectivity index (χ4v) is 2.53. The van der Waals surface area contributed by atoms with Crippen LogP contribution in [0.15, 0.2) is 45.4 Å². The lowest BCUT2D eigenvalue weighted by Crippen LogP contribution is -1.88. The van der Waals surface area contributed by atoms with Crippen LogP contribution in [0.25, 0.3) is 22.8 Å². The van der Waals surface area contributed by atoms with Gasteiger partial charge in [-0.2, -0.15) is 4.98 Å². The van der Waals surface area contributed by atoms with E-state index >= 15 is 0 Å². The van der Waals surface area contributed by atoms with Gasteiger partial charge in [0.25, 0.3) is 5.89 Å². The number of anilines is 1. The van der Waals surface area contributed by atoms with Gasteiger partial charge in [0, 0.05) is 10.0 Å². The second-order valence-electron chi connectivity index (χ2n) is 4.63. The minimum Gasteiger partial charge on any atom is -0.505 e. The summed E-state index contributed by atoms with van der Waals surface area (Å²) in [6, 6.07) is 10.8. The molecular formula is C15H12BrN3O2. The van der Waals surface area contributed by atoms with Gasteiger partial charge in [-0.3, -0.25) is 0 Å². The van der Waals surface area contributed by atoms with Crippen LogP contribution >= 0.6 is 15.9 Å². The van der Waals surface area contributed by atoms with Crippen molar-refractivity contribution in [1.29, 1.82) is 0 Å². The summed E-state index contributed by atoms with van der Waals surface area (Å²) in [5.41, 5.74) is 8.26. The summed E-state index contributed by atoms with van der Waals surface area (Å²) < 4.78 is 6.22. The van der Waals surface area contributed by atoms with Gasteiger partial charge in [0.05, 0.1) is 11.3 Å². The number of phenolic OH excluding ortho intramolecular Hbond substituents is 1. The summed E-state index contributed by atoms with van der Waals surface area (Å²) in [6.07, 6.45) is 0. The molecule has 5 nitrogen and oxygen atoms in total. The standard InChI is InChI=1S/C15H12BrN3O2/c1-8-7-9(16)5-6-10(8)14-18-15(21-19-14)11-3-2-4-12(17)13(11)20/h2-7,20H,17H2,1H3. The van der Waals surface area contributed by atoms with Gasteiger partial charge in [0.2, 0.25) is 5.82 Å². The maximum atomic E-state index is 9.96. The van der Waals surface area contributed by atoms with Crippen molar-refractivity contribution in [3.8, 4) is 28.6 Å². The highest BCUT2D eigenvalue weighted by molar-refractivity contribution is 9.10. The lowest BCUT2D eigenvalue weighted by atomic mass is 10.1. The van der Waals surface area contributed by atoms with Crippen molar-refractivity contribution < 1.29 is 9.63 Å². The van der Waals surface area contributed by atoms with Crippen LogP contribution in [0.4, 0.5) is 5.69 Å². The van der Waals surface area contributed by atoms with E-state index in [0.717, 1.165) is 15.6 Å². The number of hydrogen-bond donors (Lipinski definition) is 2. The third kappa shape index (κ3) is 2.50. The topological polar surface area (TPSA) is 85.2 Å². The Morgan fingerprint density at radius 1 is 1.19 bits per heavy atom. The van der Waals surface area contributed by atoms with E-state index in [1.807, 2.05) is 25.1 Å². The molecule has 0 unspecified atom stereocenters. The zero-order valence-electron chi connectivity index (χ0n) is 11.2. The number of nitrogen functional groups attached to an aromatic ring is 1. The van der Waals surface area contributed by atoms with Gasteiger partial charge >= 0.3 is 0 Å². The molecule has 0 amide bonds. The summed E-state index contributed by atoms with van der Waals surface area (Å²) in [5, 5.41) is 13.9. The Bertz CT molecular complexity index is 814. The average Bonchev–Trinajstić information content (AvgIpc) is 2.91. The molecule has 0 fully saturated rings. The normalized spacial score (nSPS) is 10.8. The third-order valence-electron chi connectivity index (χ3n) is 3.15. The number of phenols is 1. The van der Waals surface area contributed by atoms with E-state index in [9.17, 15) is 5.11 Å². The number of hydrogen-bond acceptors (Lipinski definition) is 5. The molecule has 0 atom stereocenters. The van der Waals surface area contributed by atoms with E-state index in [2.05, 4.69) is 26.1 Å². The van der Waals surface area contributed by atoms with E-state index in [4.69, 9.17) is 10.3 Å². The molecule has 1 aromatic heterocycles. The lowest BCUT2D eigenvalue weighted by molar-refractivity contribution is 0.426. The van der Waals surface area contributed by atoms with Crippen molar-refractivity contribution in [2.45, 2.75) is 6.92 Å². The highest BCUT2D eigenvalue weighted by Crippen LogP contribution is 2.34. The molecule has 0 saturated heterocycles. The SMILES string of the molecule is Cc1cc(Br)ccc1-c1noc(-c2cccc(N)c2O)n1. The molecule has 0 aliphatic rings. The summed E-state index contributed by atoms with van der Waals surface area (Å²) in [6.45, 7) is 1.97. The van der Waals surface area contributed by atoms with Crippen LogP contribution in [-0.2, 0) is 0 Å². The van der Waals surface area contributed by atoms with Crippen LogP contribution in [0.1, 0.15) is 5.56 Å². The molecule has 3 N–H and O–H groups in total. The Morgan fingerprint density at radius 3 is 2.76 bits per heavy atom. The number of nitrogens with zero attached hydrogens (tertiary/aromatic N) is 2. The maximum absolute atomic E-state index is 9.96. The zero-order chi connectivity index (χ0) is 15.0. The molecule has 3 rings (SSSR count). The minimum atomic E-state index is -0.0553. The van der Waals surface area contributed by atoms with Crippen molar-refractivity contribution in [2.24, 2.45) is 0 Å². The Balaban J connectivity index is 2.06. The quantitative estimate of drug-likeness (QED) is 0.545. The first-order valence-corrected chi connectivity index (χ1v) is 7.03. The van der Waals surface area contributed by atoms with Gasteiger partial charge in [0.15, 0.2) is 5.75 Å². The Morgan fingerprint density at radius 2 is 2.00 bits per heavy atom. The third-order valence-corrected chi connectivity index (χ3v) is 3.65. The predicted octanol–water partition coefficient (Wildman–Crippen LogP) is 3.76. The maximum Gasteiger partial charge on any atom is 0.262 e. The van der Waals surface area contributed by atoms with E-state index in [0.29, 0.717) is 11.4 Å². The van der Waals surface area contributed by atoms with E-state index in [-0.39, 0.29) is 17.3 Å². The smallest absolute Gasteiger partial charge is 0.262 e. The molecule has 1 heterocycles. The molecule has 2 aromatic carbocycles. The molecule has 3 aromatic rings. The number of aryl methyl sites for hydroxylation is 1. The molecular weight excluding hydrogens is 334 g/mol. The summed E-state index contributed by atoms with van der Waals surface area (Å²) in [4.78, 5) is 4.33. The van der Waals surface area contributed by atoms with Crippen molar-refractivity contribution in [1.82, 2.24) is 10.1 Å². The van der Waals surface area contributed by atoms with Crippen molar-refractivity contribution in [3.63, 3.8) is 0 Å². The summed E-state index contributed by atoms with van der Waals surface area (Å²) >= 11 is 3.42. The Hall–Kier alpha value is -2.34. The van der Waals surface area contributed by atoms with Crippen molar-refractivity contribution >= 4 is 21.6 Å². The van der Waals surface area contributed by atoms with Gasteiger partial charge in [-0.15, -0.1) is 0 Å². The fraction of sp³-hybridized carbons (Fsp3) is 0.0667. The molecule has 0 spiro atoms. The molecule has 106 valence electrons. The van der Waals surface area contributed by atoms with Crippen LogP contribution in [0.2, 0.25) is 0 Å². The van der Waals surface area contributed by atoms with Gasteiger partial charge in [-0.25, -0.2) is 0 Å². The molecule has 0 radical (unpaired) electrons. The van der Waals surface area contributed by atoms with Gasteiger partial charge in [-0.05, 0) is 42.8 Å². The second kappa shape index (κ2) is 5.21. The predicted molar refractivity (Wildman–Crippen MR) is 83.7 cm³/mol. The molecule has 0 saturated carbocycles. The van der Waals surface area contributed by atoms with E-state index in [1.54, 1.807) is 18.2 Å². The van der Waals surface area contributed by atoms with Crippen LogP contribution in [0.5, 0.6) is 5.75 Å². The molecule has 0 aliphatic carbocycles. The highest BCUT2D eigenvalue weighted by Gasteiger charge is 2.16.